The Morgan fingerprint density at radius 3 is 2.81 bits per heavy atom. The highest BCUT2D eigenvalue weighted by Gasteiger charge is 2.17. The molecule has 0 bridgehead atoms. The van der Waals surface area contributed by atoms with E-state index in [1.165, 1.54) is 6.42 Å². The summed E-state index contributed by atoms with van der Waals surface area (Å²) in [7, 11) is 0. The van der Waals surface area contributed by atoms with Crippen molar-refractivity contribution in [3.8, 4) is 0 Å². The Balaban J connectivity index is 2.39. The van der Waals surface area contributed by atoms with Crippen LogP contribution in [0.1, 0.15) is 29.7 Å². The third-order valence-corrected chi connectivity index (χ3v) is 3.27. The fourth-order valence-electron chi connectivity index (χ4n) is 2.49. The van der Waals surface area contributed by atoms with E-state index in [4.69, 9.17) is 0 Å². The zero-order chi connectivity index (χ0) is 11.0. The number of hydrogen-bond donors (Lipinski definition) is 0. The summed E-state index contributed by atoms with van der Waals surface area (Å²) in [6.07, 6.45) is 6.40. The Hall–Kier alpha value is -1.70. The Morgan fingerprint density at radius 1 is 1.12 bits per heavy atom. The molecule has 2 nitrogen and oxygen atoms in total. The SMILES string of the molecule is O=[C]c1c2c(nc3ccccc13)CCCC2. The van der Waals surface area contributed by atoms with E-state index in [1.807, 2.05) is 24.3 Å². The van der Waals surface area contributed by atoms with E-state index in [0.29, 0.717) is 0 Å². The lowest BCUT2D eigenvalue weighted by atomic mass is 9.90. The molecule has 1 radical (unpaired) electrons. The van der Waals surface area contributed by atoms with Crippen molar-refractivity contribution < 1.29 is 4.79 Å². The molecule has 0 unspecified atom stereocenters. The second-order valence-electron chi connectivity index (χ2n) is 4.24. The van der Waals surface area contributed by atoms with Crippen LogP contribution in [0.2, 0.25) is 0 Å². The summed E-state index contributed by atoms with van der Waals surface area (Å²) in [6.45, 7) is 0. The maximum absolute atomic E-state index is 11.1. The summed E-state index contributed by atoms with van der Waals surface area (Å²) < 4.78 is 0. The highest BCUT2D eigenvalue weighted by atomic mass is 16.1. The van der Waals surface area contributed by atoms with Crippen molar-refractivity contribution in [2.24, 2.45) is 0 Å². The minimum atomic E-state index is 0.736. The molecule has 0 saturated heterocycles. The second-order valence-corrected chi connectivity index (χ2v) is 4.24. The number of carbonyl (C=O) groups excluding carboxylic acids is 1. The van der Waals surface area contributed by atoms with Crippen LogP contribution in [-0.2, 0) is 17.6 Å². The number of fused-ring (bicyclic) bond motifs is 2. The minimum absolute atomic E-state index is 0.736. The van der Waals surface area contributed by atoms with Gasteiger partial charge in [0.25, 0.3) is 0 Å². The number of aryl methyl sites for hydroxylation is 1. The average molecular weight is 210 g/mol. The van der Waals surface area contributed by atoms with Gasteiger partial charge in [0.1, 0.15) is 0 Å². The molecule has 1 aliphatic carbocycles. The smallest absolute Gasteiger partial charge is 0.234 e. The van der Waals surface area contributed by atoms with Crippen LogP contribution in [0, 0.1) is 0 Å². The molecule has 16 heavy (non-hydrogen) atoms. The molecule has 3 rings (SSSR count). The van der Waals surface area contributed by atoms with E-state index in [-0.39, 0.29) is 0 Å². The van der Waals surface area contributed by atoms with E-state index in [9.17, 15) is 4.79 Å². The normalized spacial score (nSPS) is 14.8. The molecule has 0 spiro atoms. The number of nitrogens with zero attached hydrogens (tertiary/aromatic N) is 1. The van der Waals surface area contributed by atoms with Crippen LogP contribution >= 0.6 is 0 Å². The van der Waals surface area contributed by atoms with Gasteiger partial charge in [0.2, 0.25) is 6.29 Å². The van der Waals surface area contributed by atoms with Crippen molar-refractivity contribution in [2.45, 2.75) is 25.7 Å². The standard InChI is InChI=1S/C14H12NO/c16-9-12-10-5-1-3-7-13(10)15-14-8-4-2-6-11(12)14/h1,3,5,7H,2,4,6,8H2. The van der Waals surface area contributed by atoms with Crippen molar-refractivity contribution >= 4 is 17.2 Å². The number of benzene rings is 1. The van der Waals surface area contributed by atoms with E-state index in [0.717, 1.165) is 47.0 Å². The summed E-state index contributed by atoms with van der Waals surface area (Å²) in [6, 6.07) is 7.82. The van der Waals surface area contributed by atoms with Gasteiger partial charge in [-0.25, -0.2) is 0 Å². The molecule has 0 fully saturated rings. The third-order valence-electron chi connectivity index (χ3n) is 3.27. The zero-order valence-corrected chi connectivity index (χ0v) is 8.99. The molecule has 2 heteroatoms. The van der Waals surface area contributed by atoms with Gasteiger partial charge in [-0.3, -0.25) is 9.78 Å². The lowest BCUT2D eigenvalue weighted by Crippen LogP contribution is -2.09. The summed E-state index contributed by atoms with van der Waals surface area (Å²) in [5.74, 6) is 0. The predicted molar refractivity (Wildman–Crippen MR) is 63.2 cm³/mol. The van der Waals surface area contributed by atoms with Crippen LogP contribution < -0.4 is 0 Å². The minimum Gasteiger partial charge on any atom is -0.285 e. The summed E-state index contributed by atoms with van der Waals surface area (Å²) in [5.41, 5.74) is 3.88. The van der Waals surface area contributed by atoms with Gasteiger partial charge < -0.3 is 0 Å². The Morgan fingerprint density at radius 2 is 1.94 bits per heavy atom. The maximum atomic E-state index is 11.1. The molecule has 0 amide bonds. The average Bonchev–Trinajstić information content (AvgIpc) is 2.36. The van der Waals surface area contributed by atoms with Crippen molar-refractivity contribution in [3.63, 3.8) is 0 Å². The monoisotopic (exact) mass is 210 g/mol. The van der Waals surface area contributed by atoms with E-state index in [2.05, 4.69) is 11.3 Å². The van der Waals surface area contributed by atoms with Gasteiger partial charge in [-0.05, 0) is 37.3 Å². The van der Waals surface area contributed by atoms with Crippen LogP contribution in [0.15, 0.2) is 24.3 Å². The molecule has 2 aromatic rings. The molecule has 1 aliphatic rings. The van der Waals surface area contributed by atoms with Crippen LogP contribution in [0.3, 0.4) is 0 Å². The summed E-state index contributed by atoms with van der Waals surface area (Å²) in [5, 5.41) is 0.943. The van der Waals surface area contributed by atoms with Gasteiger partial charge >= 0.3 is 0 Å². The zero-order valence-electron chi connectivity index (χ0n) is 8.99. The molecule has 0 N–H and O–H groups in total. The van der Waals surface area contributed by atoms with Crippen molar-refractivity contribution in [2.75, 3.05) is 0 Å². The molecular formula is C14H12NO. The molecule has 1 aromatic heterocycles. The lowest BCUT2D eigenvalue weighted by molar-refractivity contribution is 0.561. The predicted octanol–water partition coefficient (Wildman–Crippen LogP) is 2.57. The molecule has 1 aromatic carbocycles. The lowest BCUT2D eigenvalue weighted by Gasteiger charge is -2.17. The molecular weight excluding hydrogens is 198 g/mol. The molecule has 0 atom stereocenters. The Kier molecular flexibility index (Phi) is 2.21. The number of hydrogen-bond acceptors (Lipinski definition) is 2. The summed E-state index contributed by atoms with van der Waals surface area (Å²) >= 11 is 0. The molecule has 0 saturated carbocycles. The number of para-hydroxylation sites is 1. The van der Waals surface area contributed by atoms with E-state index >= 15 is 0 Å². The topological polar surface area (TPSA) is 30.0 Å². The Labute approximate surface area is 94.3 Å². The van der Waals surface area contributed by atoms with Crippen molar-refractivity contribution in [3.05, 3.63) is 41.1 Å². The highest BCUT2D eigenvalue weighted by molar-refractivity contribution is 5.98. The highest BCUT2D eigenvalue weighted by Crippen LogP contribution is 2.27. The fraction of sp³-hybridized carbons (Fsp3) is 0.286. The van der Waals surface area contributed by atoms with Gasteiger partial charge in [0, 0.05) is 16.6 Å². The van der Waals surface area contributed by atoms with Crippen LogP contribution in [-0.4, -0.2) is 11.3 Å². The van der Waals surface area contributed by atoms with Gasteiger partial charge in [-0.15, -0.1) is 0 Å². The quantitative estimate of drug-likeness (QED) is 0.724. The maximum Gasteiger partial charge on any atom is 0.234 e. The van der Waals surface area contributed by atoms with Crippen molar-refractivity contribution in [1.82, 2.24) is 4.98 Å². The van der Waals surface area contributed by atoms with Gasteiger partial charge in [-0.1, -0.05) is 18.2 Å². The van der Waals surface area contributed by atoms with Gasteiger partial charge in [-0.2, -0.15) is 0 Å². The first kappa shape index (κ1) is 9.52. The number of pyridine rings is 1. The largest absolute Gasteiger partial charge is 0.285 e. The van der Waals surface area contributed by atoms with Crippen LogP contribution in [0.5, 0.6) is 0 Å². The number of rotatable bonds is 1. The first-order chi connectivity index (χ1) is 7.90. The van der Waals surface area contributed by atoms with Crippen LogP contribution in [0.4, 0.5) is 0 Å². The van der Waals surface area contributed by atoms with Gasteiger partial charge in [0.05, 0.1) is 5.52 Å². The Bertz CT molecular complexity index is 560. The first-order valence-electron chi connectivity index (χ1n) is 5.69. The van der Waals surface area contributed by atoms with E-state index in [1.54, 1.807) is 0 Å². The molecule has 0 aliphatic heterocycles. The third kappa shape index (κ3) is 1.33. The van der Waals surface area contributed by atoms with Crippen molar-refractivity contribution in [1.29, 1.82) is 0 Å². The number of aromatic nitrogens is 1. The van der Waals surface area contributed by atoms with E-state index < -0.39 is 0 Å². The van der Waals surface area contributed by atoms with Crippen LogP contribution in [0.25, 0.3) is 10.9 Å². The van der Waals surface area contributed by atoms with Gasteiger partial charge in [0.15, 0.2) is 0 Å². The summed E-state index contributed by atoms with van der Waals surface area (Å²) in [4.78, 5) is 15.8. The molecule has 1 heterocycles. The molecule has 79 valence electrons. The fourth-order valence-corrected chi connectivity index (χ4v) is 2.49. The second kappa shape index (κ2) is 3.71. The first-order valence-corrected chi connectivity index (χ1v) is 5.69.